The molecule has 0 N–H and O–H groups in total. The largest absolute Gasteiger partial charge is 0.462 e. The lowest BCUT2D eigenvalue weighted by Gasteiger charge is -2.18. The molecule has 1 unspecified atom stereocenters. The SMILES string of the molecule is CCC/C=C\CCCCCCCC(=O)OCC(COC(=O)CCCCCCCCCCCCCCCCCCCCCCCC)OC(=O)CCCCCCCCCCCCCCCCCCCCCC. The van der Waals surface area contributed by atoms with Gasteiger partial charge in [0, 0.05) is 19.3 Å². The van der Waals surface area contributed by atoms with Crippen molar-refractivity contribution in [3.63, 3.8) is 0 Å². The van der Waals surface area contributed by atoms with E-state index < -0.39 is 6.10 Å². The zero-order valence-corrected chi connectivity index (χ0v) is 47.6. The molecule has 0 aliphatic carbocycles. The second-order valence-corrected chi connectivity index (χ2v) is 21.7. The van der Waals surface area contributed by atoms with Gasteiger partial charge in [0.2, 0.25) is 0 Å². The minimum absolute atomic E-state index is 0.0664. The van der Waals surface area contributed by atoms with E-state index in [1.54, 1.807) is 0 Å². The maximum absolute atomic E-state index is 12.9. The fourth-order valence-corrected chi connectivity index (χ4v) is 9.74. The lowest BCUT2D eigenvalue weighted by atomic mass is 10.0. The lowest BCUT2D eigenvalue weighted by Crippen LogP contribution is -2.30. The van der Waals surface area contributed by atoms with Gasteiger partial charge in [-0.05, 0) is 38.5 Å². The molecular weight excluding hydrogens is 865 g/mol. The van der Waals surface area contributed by atoms with Gasteiger partial charge < -0.3 is 14.2 Å². The van der Waals surface area contributed by atoms with E-state index in [-0.39, 0.29) is 31.1 Å². The molecule has 0 fully saturated rings. The van der Waals surface area contributed by atoms with Gasteiger partial charge in [0.15, 0.2) is 6.10 Å². The van der Waals surface area contributed by atoms with Crippen LogP contribution in [0, 0.1) is 0 Å². The van der Waals surface area contributed by atoms with Crippen molar-refractivity contribution in [2.24, 2.45) is 0 Å². The average Bonchev–Trinajstić information content (AvgIpc) is 3.36. The van der Waals surface area contributed by atoms with Crippen molar-refractivity contribution in [3.05, 3.63) is 12.2 Å². The molecule has 414 valence electrons. The molecule has 0 aromatic rings. The number of hydrogen-bond donors (Lipinski definition) is 0. The van der Waals surface area contributed by atoms with Crippen molar-refractivity contribution < 1.29 is 28.6 Å². The number of carbonyl (C=O) groups is 3. The van der Waals surface area contributed by atoms with Gasteiger partial charge >= 0.3 is 17.9 Å². The second kappa shape index (κ2) is 59.7. The average molecular weight is 988 g/mol. The summed E-state index contributed by atoms with van der Waals surface area (Å²) in [4.78, 5) is 38.2. The molecule has 0 aliphatic rings. The third-order valence-corrected chi connectivity index (χ3v) is 14.5. The smallest absolute Gasteiger partial charge is 0.306 e. The Morgan fingerprint density at radius 1 is 0.271 bits per heavy atom. The lowest BCUT2D eigenvalue weighted by molar-refractivity contribution is -0.167. The predicted octanol–water partition coefficient (Wildman–Crippen LogP) is 21.3. The van der Waals surface area contributed by atoms with Crippen LogP contribution >= 0.6 is 0 Å². The summed E-state index contributed by atoms with van der Waals surface area (Å²) in [7, 11) is 0. The van der Waals surface area contributed by atoms with Crippen LogP contribution in [0.2, 0.25) is 0 Å². The first kappa shape index (κ1) is 68.2. The quantitative estimate of drug-likeness (QED) is 0.0261. The molecule has 0 bridgehead atoms. The third kappa shape index (κ3) is 57.1. The molecule has 70 heavy (non-hydrogen) atoms. The highest BCUT2D eigenvalue weighted by atomic mass is 16.6. The second-order valence-electron chi connectivity index (χ2n) is 21.7. The molecule has 0 radical (unpaired) electrons. The normalized spacial score (nSPS) is 12.0. The minimum Gasteiger partial charge on any atom is -0.462 e. The van der Waals surface area contributed by atoms with E-state index in [1.807, 2.05) is 0 Å². The van der Waals surface area contributed by atoms with Gasteiger partial charge in [-0.25, -0.2) is 0 Å². The fourth-order valence-electron chi connectivity index (χ4n) is 9.74. The van der Waals surface area contributed by atoms with E-state index in [0.29, 0.717) is 19.3 Å². The summed E-state index contributed by atoms with van der Waals surface area (Å²) in [5.74, 6) is -0.849. The molecule has 0 spiro atoms. The third-order valence-electron chi connectivity index (χ3n) is 14.5. The highest BCUT2D eigenvalue weighted by Crippen LogP contribution is 2.18. The Kier molecular flexibility index (Phi) is 58.1. The number of ether oxygens (including phenoxy) is 3. The van der Waals surface area contributed by atoms with Crippen LogP contribution in [0.4, 0.5) is 0 Å². The molecule has 0 aliphatic heterocycles. The minimum atomic E-state index is -0.768. The van der Waals surface area contributed by atoms with E-state index in [1.165, 1.54) is 250 Å². The molecule has 0 saturated carbocycles. The van der Waals surface area contributed by atoms with Gasteiger partial charge in [-0.1, -0.05) is 315 Å². The molecule has 0 heterocycles. The van der Waals surface area contributed by atoms with Crippen molar-refractivity contribution in [2.75, 3.05) is 13.2 Å². The summed E-state index contributed by atoms with van der Waals surface area (Å²) in [5, 5.41) is 0. The summed E-state index contributed by atoms with van der Waals surface area (Å²) in [5.41, 5.74) is 0. The zero-order chi connectivity index (χ0) is 50.7. The molecule has 1 atom stereocenters. The first-order valence-electron chi connectivity index (χ1n) is 31.7. The van der Waals surface area contributed by atoms with E-state index in [4.69, 9.17) is 14.2 Å². The molecule has 6 nitrogen and oxygen atoms in total. The maximum Gasteiger partial charge on any atom is 0.306 e. The summed E-state index contributed by atoms with van der Waals surface area (Å²) in [6.07, 6.45) is 69.5. The Balaban J connectivity index is 4.18. The van der Waals surface area contributed by atoms with Crippen LogP contribution in [0.25, 0.3) is 0 Å². The first-order valence-corrected chi connectivity index (χ1v) is 31.7. The highest BCUT2D eigenvalue weighted by Gasteiger charge is 2.19. The van der Waals surface area contributed by atoms with Gasteiger partial charge in [0.25, 0.3) is 0 Å². The van der Waals surface area contributed by atoms with E-state index in [9.17, 15) is 14.4 Å². The monoisotopic (exact) mass is 987 g/mol. The Labute approximate surface area is 437 Å². The molecule has 6 heteroatoms. The van der Waals surface area contributed by atoms with Gasteiger partial charge in [-0.2, -0.15) is 0 Å². The van der Waals surface area contributed by atoms with Crippen LogP contribution in [-0.2, 0) is 28.6 Å². The van der Waals surface area contributed by atoms with Crippen molar-refractivity contribution in [1.29, 1.82) is 0 Å². The number of unbranched alkanes of at least 4 members (excludes halogenated alkanes) is 46. The topological polar surface area (TPSA) is 78.9 Å². The maximum atomic E-state index is 12.9. The summed E-state index contributed by atoms with van der Waals surface area (Å²) < 4.78 is 16.9. The molecule has 0 amide bonds. The zero-order valence-electron chi connectivity index (χ0n) is 47.6. The van der Waals surface area contributed by atoms with Crippen LogP contribution in [0.3, 0.4) is 0 Å². The van der Waals surface area contributed by atoms with E-state index >= 15 is 0 Å². The number of esters is 3. The fraction of sp³-hybridized carbons (Fsp3) is 0.922. The van der Waals surface area contributed by atoms with Crippen LogP contribution in [0.5, 0.6) is 0 Å². The number of rotatable bonds is 59. The summed E-state index contributed by atoms with van der Waals surface area (Å²) >= 11 is 0. The van der Waals surface area contributed by atoms with E-state index in [0.717, 1.165) is 70.6 Å². The Hall–Kier alpha value is -1.85. The molecule has 0 rings (SSSR count). The number of hydrogen-bond acceptors (Lipinski definition) is 6. The van der Waals surface area contributed by atoms with Crippen molar-refractivity contribution in [3.8, 4) is 0 Å². The molecule has 0 aromatic heterocycles. The summed E-state index contributed by atoms with van der Waals surface area (Å²) in [6.45, 7) is 6.65. The van der Waals surface area contributed by atoms with Crippen LogP contribution < -0.4 is 0 Å². The van der Waals surface area contributed by atoms with Gasteiger partial charge in [-0.3, -0.25) is 14.4 Å². The van der Waals surface area contributed by atoms with Gasteiger partial charge in [-0.15, -0.1) is 0 Å². The van der Waals surface area contributed by atoms with Crippen molar-refractivity contribution >= 4 is 17.9 Å². The van der Waals surface area contributed by atoms with Crippen LogP contribution in [0.15, 0.2) is 12.2 Å². The van der Waals surface area contributed by atoms with Gasteiger partial charge in [0.1, 0.15) is 13.2 Å². The molecule has 0 saturated heterocycles. The number of carbonyl (C=O) groups excluding carboxylic acids is 3. The molecular formula is C64H122O6. The van der Waals surface area contributed by atoms with Crippen LogP contribution in [-0.4, -0.2) is 37.2 Å². The van der Waals surface area contributed by atoms with Crippen molar-refractivity contribution in [1.82, 2.24) is 0 Å². The van der Waals surface area contributed by atoms with Gasteiger partial charge in [0.05, 0.1) is 0 Å². The molecule has 0 aromatic carbocycles. The number of allylic oxidation sites excluding steroid dienone is 2. The predicted molar refractivity (Wildman–Crippen MR) is 303 cm³/mol. The first-order chi connectivity index (χ1) is 34.5. The summed E-state index contributed by atoms with van der Waals surface area (Å²) in [6, 6.07) is 0. The Bertz CT molecular complexity index is 1090. The van der Waals surface area contributed by atoms with Crippen LogP contribution in [0.1, 0.15) is 361 Å². The van der Waals surface area contributed by atoms with E-state index in [2.05, 4.69) is 32.9 Å². The highest BCUT2D eigenvalue weighted by molar-refractivity contribution is 5.71. The van der Waals surface area contributed by atoms with Crippen molar-refractivity contribution in [2.45, 2.75) is 367 Å². The Morgan fingerprint density at radius 2 is 0.500 bits per heavy atom. The standard InChI is InChI=1S/C64H122O6/c1-4-7-10-13-16-19-22-24-26-28-30-32-33-35-36-38-40-42-45-48-51-54-57-63(66)69-60-61(59-68-62(65)56-53-50-47-44-21-18-15-12-9-6-3)70-64(67)58-55-52-49-46-43-41-39-37-34-31-29-27-25-23-20-17-14-11-8-5-2/h12,15,61H,4-11,13-14,16-60H2,1-3H3/b15-12-. The Morgan fingerprint density at radius 3 is 0.771 bits per heavy atom.